The quantitative estimate of drug-likeness (QED) is 0.395. The van der Waals surface area contributed by atoms with Crippen LogP contribution in [0.5, 0.6) is 0 Å². The van der Waals surface area contributed by atoms with Crippen LogP contribution in [-0.2, 0) is 14.3 Å². The Morgan fingerprint density at radius 1 is 1.16 bits per heavy atom. The van der Waals surface area contributed by atoms with Gasteiger partial charge in [-0.15, -0.1) is 0 Å². The van der Waals surface area contributed by atoms with Gasteiger partial charge in [0, 0.05) is 28.6 Å². The number of carbonyl (C=O) groups excluding carboxylic acids is 2. The van der Waals surface area contributed by atoms with E-state index in [9.17, 15) is 19.1 Å². The first-order valence-electron chi connectivity index (χ1n) is 10.2. The number of halogens is 1. The summed E-state index contributed by atoms with van der Waals surface area (Å²) in [5.74, 6) is -1.07. The molecule has 5 nitrogen and oxygen atoms in total. The largest absolute Gasteiger partial charge is 0.469 e. The zero-order valence-electron chi connectivity index (χ0n) is 17.8. The van der Waals surface area contributed by atoms with E-state index in [4.69, 9.17) is 0 Å². The third kappa shape index (κ3) is 5.27. The zero-order chi connectivity index (χ0) is 22.5. The lowest BCUT2D eigenvalue weighted by molar-refractivity contribution is -0.143. The molecule has 0 aliphatic carbocycles. The molecule has 0 spiro atoms. The summed E-state index contributed by atoms with van der Waals surface area (Å²) in [6, 6.07) is 12.3. The summed E-state index contributed by atoms with van der Waals surface area (Å²) in [6.07, 6.45) is 1.64. The number of aliphatic hydroxyl groups excluding tert-OH is 1. The van der Waals surface area contributed by atoms with Crippen LogP contribution in [0.1, 0.15) is 43.9 Å². The molecule has 0 bridgehead atoms. The lowest BCUT2D eigenvalue weighted by atomic mass is 9.93. The van der Waals surface area contributed by atoms with E-state index < -0.39 is 17.9 Å². The van der Waals surface area contributed by atoms with E-state index in [0.29, 0.717) is 0 Å². The molecular weight excluding hydrogens is 397 g/mol. The van der Waals surface area contributed by atoms with E-state index in [2.05, 4.69) is 29.6 Å². The molecule has 6 heteroatoms. The molecule has 162 valence electrons. The van der Waals surface area contributed by atoms with Crippen molar-refractivity contribution in [3.8, 4) is 11.1 Å². The first-order chi connectivity index (χ1) is 14.8. The van der Waals surface area contributed by atoms with Crippen molar-refractivity contribution in [2.75, 3.05) is 7.11 Å². The van der Waals surface area contributed by atoms with E-state index in [1.807, 2.05) is 12.1 Å². The summed E-state index contributed by atoms with van der Waals surface area (Å²) < 4.78 is 18.0. The number of esters is 1. The van der Waals surface area contributed by atoms with Gasteiger partial charge >= 0.3 is 5.97 Å². The molecular formula is C25H26FNO4. The first-order valence-corrected chi connectivity index (χ1v) is 10.2. The highest BCUT2D eigenvalue weighted by Crippen LogP contribution is 2.38. The van der Waals surface area contributed by atoms with Crippen molar-refractivity contribution in [2.24, 2.45) is 0 Å². The maximum atomic E-state index is 13.5. The van der Waals surface area contributed by atoms with E-state index in [1.54, 1.807) is 18.2 Å². The number of aliphatic hydroxyl groups is 1. The predicted molar refractivity (Wildman–Crippen MR) is 119 cm³/mol. The molecule has 3 aromatic rings. The Balaban J connectivity index is 2.00. The number of aromatic amines is 1. The molecule has 1 aromatic heterocycles. The molecule has 0 aliphatic rings. The van der Waals surface area contributed by atoms with E-state index in [1.165, 1.54) is 25.3 Å². The van der Waals surface area contributed by atoms with Crippen molar-refractivity contribution in [3.63, 3.8) is 0 Å². The van der Waals surface area contributed by atoms with Gasteiger partial charge < -0.3 is 14.8 Å². The molecule has 2 aromatic carbocycles. The summed E-state index contributed by atoms with van der Waals surface area (Å²) in [4.78, 5) is 26.5. The van der Waals surface area contributed by atoms with Gasteiger partial charge in [-0.3, -0.25) is 9.59 Å². The van der Waals surface area contributed by atoms with Crippen LogP contribution in [-0.4, -0.2) is 35.1 Å². The van der Waals surface area contributed by atoms with Crippen LogP contribution in [0.4, 0.5) is 4.39 Å². The third-order valence-electron chi connectivity index (χ3n) is 5.13. The van der Waals surface area contributed by atoms with Crippen LogP contribution in [0, 0.1) is 5.82 Å². The Morgan fingerprint density at radius 2 is 1.87 bits per heavy atom. The maximum Gasteiger partial charge on any atom is 0.313 e. The lowest BCUT2D eigenvalue weighted by Crippen LogP contribution is -2.15. The SMILES string of the molecule is COC(=O)CC(=O)CC(O)/C=C/c1[nH]c2cccc(C(C)C)c2c1-c1ccc(F)cc1. The number of methoxy groups -OCH3 is 1. The van der Waals surface area contributed by atoms with Gasteiger partial charge in [-0.05, 0) is 41.3 Å². The van der Waals surface area contributed by atoms with E-state index >= 15 is 0 Å². The second-order valence-electron chi connectivity index (χ2n) is 7.77. The molecule has 1 heterocycles. The molecule has 0 aliphatic heterocycles. The fraction of sp³-hybridized carbons (Fsp3) is 0.280. The number of Topliss-reactive ketones (excluding diaryl/α,β-unsaturated/α-hetero) is 1. The molecule has 0 radical (unpaired) electrons. The Hall–Kier alpha value is -3.25. The fourth-order valence-corrected chi connectivity index (χ4v) is 3.63. The molecule has 2 N–H and O–H groups in total. The van der Waals surface area contributed by atoms with E-state index in [-0.39, 0.29) is 24.6 Å². The van der Waals surface area contributed by atoms with Crippen LogP contribution in [0.3, 0.4) is 0 Å². The first kappa shape index (κ1) is 22.4. The molecule has 0 saturated carbocycles. The summed E-state index contributed by atoms with van der Waals surface area (Å²) in [7, 11) is 1.21. The summed E-state index contributed by atoms with van der Waals surface area (Å²) in [5, 5.41) is 11.3. The fourth-order valence-electron chi connectivity index (χ4n) is 3.63. The van der Waals surface area contributed by atoms with Crippen LogP contribution < -0.4 is 0 Å². The standard InChI is InChI=1S/C25H26FNO4/c1-15(2)20-5-4-6-21-25(20)24(16-7-9-17(26)10-8-16)22(27-21)12-11-18(28)13-19(29)14-23(30)31-3/h4-12,15,18,27-28H,13-14H2,1-3H3/b12-11+. The van der Waals surface area contributed by atoms with Gasteiger partial charge in [0.25, 0.3) is 0 Å². The molecule has 0 amide bonds. The van der Waals surface area contributed by atoms with E-state index in [0.717, 1.165) is 33.3 Å². The second-order valence-corrected chi connectivity index (χ2v) is 7.77. The number of ketones is 1. The van der Waals surface area contributed by atoms with Gasteiger partial charge in [-0.1, -0.05) is 44.2 Å². The van der Waals surface area contributed by atoms with Gasteiger partial charge in [-0.25, -0.2) is 4.39 Å². The summed E-state index contributed by atoms with van der Waals surface area (Å²) >= 11 is 0. The van der Waals surface area contributed by atoms with Crippen LogP contribution >= 0.6 is 0 Å². The molecule has 1 unspecified atom stereocenters. The van der Waals surface area contributed by atoms with Crippen LogP contribution in [0.2, 0.25) is 0 Å². The predicted octanol–water partition coefficient (Wildman–Crippen LogP) is 4.99. The number of carbonyl (C=O) groups is 2. The molecule has 31 heavy (non-hydrogen) atoms. The molecule has 0 saturated heterocycles. The number of aromatic nitrogens is 1. The maximum absolute atomic E-state index is 13.5. The Morgan fingerprint density at radius 3 is 2.52 bits per heavy atom. The summed E-state index contributed by atoms with van der Waals surface area (Å²) in [6.45, 7) is 4.23. The van der Waals surface area contributed by atoms with Crippen molar-refractivity contribution >= 4 is 28.7 Å². The minimum absolute atomic E-state index is 0.186. The van der Waals surface area contributed by atoms with Crippen LogP contribution in [0.25, 0.3) is 28.1 Å². The number of benzene rings is 2. The van der Waals surface area contributed by atoms with Crippen molar-refractivity contribution in [1.29, 1.82) is 0 Å². The van der Waals surface area contributed by atoms with Crippen molar-refractivity contribution in [3.05, 3.63) is 65.6 Å². The van der Waals surface area contributed by atoms with Gasteiger partial charge in [0.2, 0.25) is 0 Å². The van der Waals surface area contributed by atoms with Gasteiger partial charge in [-0.2, -0.15) is 0 Å². The Labute approximate surface area is 180 Å². The molecule has 1 atom stereocenters. The average molecular weight is 423 g/mol. The number of ether oxygens (including phenoxy) is 1. The van der Waals surface area contributed by atoms with Crippen molar-refractivity contribution in [2.45, 2.75) is 38.7 Å². The van der Waals surface area contributed by atoms with Crippen molar-refractivity contribution in [1.82, 2.24) is 4.98 Å². The topological polar surface area (TPSA) is 79.4 Å². The van der Waals surface area contributed by atoms with Crippen molar-refractivity contribution < 1.29 is 23.8 Å². The summed E-state index contributed by atoms with van der Waals surface area (Å²) in [5.41, 5.74) is 4.58. The molecule has 3 rings (SSSR count). The van der Waals surface area contributed by atoms with Gasteiger partial charge in [0.1, 0.15) is 18.0 Å². The average Bonchev–Trinajstić information content (AvgIpc) is 3.11. The lowest BCUT2D eigenvalue weighted by Gasteiger charge is -2.10. The number of H-pyrrole nitrogens is 1. The highest BCUT2D eigenvalue weighted by molar-refractivity contribution is 6.02. The number of rotatable bonds is 8. The van der Waals surface area contributed by atoms with Gasteiger partial charge in [0.05, 0.1) is 13.2 Å². The minimum Gasteiger partial charge on any atom is -0.469 e. The normalized spacial score (nSPS) is 12.6. The zero-order valence-corrected chi connectivity index (χ0v) is 17.8. The number of hydrogen-bond acceptors (Lipinski definition) is 4. The Kier molecular flexibility index (Phi) is 7.02. The third-order valence-corrected chi connectivity index (χ3v) is 5.13. The number of nitrogens with one attached hydrogen (secondary N) is 1. The highest BCUT2D eigenvalue weighted by Gasteiger charge is 2.18. The monoisotopic (exact) mass is 423 g/mol. The second kappa shape index (κ2) is 9.71. The smallest absolute Gasteiger partial charge is 0.313 e. The number of hydrogen-bond donors (Lipinski definition) is 2. The van der Waals surface area contributed by atoms with Gasteiger partial charge in [0.15, 0.2) is 0 Å². The minimum atomic E-state index is -1.05. The highest BCUT2D eigenvalue weighted by atomic mass is 19.1. The Bertz CT molecular complexity index is 1110. The number of fused-ring (bicyclic) bond motifs is 1. The van der Waals surface area contributed by atoms with Crippen LogP contribution in [0.15, 0.2) is 48.5 Å². The molecule has 0 fully saturated rings.